The largest absolute Gasteiger partial charge is 0.0651 e. The Morgan fingerprint density at radius 3 is 1.63 bits per heavy atom. The van der Waals surface area contributed by atoms with E-state index in [4.69, 9.17) is 0 Å². The minimum Gasteiger partial charge on any atom is -0.0651 e. The second-order valence-corrected chi connectivity index (χ2v) is 7.95. The van der Waals surface area contributed by atoms with Gasteiger partial charge in [0.05, 0.1) is 0 Å². The van der Waals surface area contributed by atoms with Gasteiger partial charge in [-0.2, -0.15) is 0 Å². The maximum absolute atomic E-state index is 2.53. The first kappa shape index (κ1) is 17.1. The molecule has 7 atom stereocenters. The molecule has 0 heteroatoms. The number of hydrogen-bond donors (Lipinski definition) is 0. The second kappa shape index (κ2) is 7.14. The summed E-state index contributed by atoms with van der Waals surface area (Å²) in [6, 6.07) is 0. The average molecular weight is 267 g/mol. The first-order valence-electron chi connectivity index (χ1n) is 8.81. The van der Waals surface area contributed by atoms with Crippen LogP contribution in [0.1, 0.15) is 74.7 Å². The lowest BCUT2D eigenvalue weighted by Gasteiger charge is -2.45. The minimum atomic E-state index is 0.812. The Kier molecular flexibility index (Phi) is 6.40. The summed E-state index contributed by atoms with van der Waals surface area (Å²) in [5.74, 6) is 7.18. The molecular formula is C19H38. The molecule has 0 spiro atoms. The molecule has 1 aliphatic carbocycles. The molecule has 19 heavy (non-hydrogen) atoms. The standard InChI is InChI=1S/C19H38/c1-9-18-10-11-19(18)17(8)16(7)15(6)14(5)13(4)12(2)3/h12-19H,9-11H2,1-8H3. The van der Waals surface area contributed by atoms with Gasteiger partial charge in [0.25, 0.3) is 0 Å². The molecular weight excluding hydrogens is 228 g/mol. The molecule has 0 bridgehead atoms. The van der Waals surface area contributed by atoms with Crippen molar-refractivity contribution in [3.8, 4) is 0 Å². The molecule has 1 saturated carbocycles. The molecule has 0 N–H and O–H groups in total. The van der Waals surface area contributed by atoms with Gasteiger partial charge in [-0.1, -0.05) is 61.8 Å². The molecule has 0 nitrogen and oxygen atoms in total. The fourth-order valence-corrected chi connectivity index (χ4v) is 4.23. The molecule has 0 heterocycles. The summed E-state index contributed by atoms with van der Waals surface area (Å²) in [6.45, 7) is 19.6. The lowest BCUT2D eigenvalue weighted by molar-refractivity contribution is 0.0412. The molecule has 1 fully saturated rings. The molecule has 0 radical (unpaired) electrons. The summed E-state index contributed by atoms with van der Waals surface area (Å²) in [5, 5.41) is 0. The van der Waals surface area contributed by atoms with Gasteiger partial charge in [0, 0.05) is 0 Å². The number of hydrogen-bond acceptors (Lipinski definition) is 0. The Morgan fingerprint density at radius 1 is 0.737 bits per heavy atom. The zero-order chi connectivity index (χ0) is 14.7. The van der Waals surface area contributed by atoms with Gasteiger partial charge in [0.15, 0.2) is 0 Å². The van der Waals surface area contributed by atoms with E-state index in [1.54, 1.807) is 0 Å². The normalized spacial score (nSPS) is 31.4. The molecule has 7 unspecified atom stereocenters. The van der Waals surface area contributed by atoms with E-state index in [0.29, 0.717) is 0 Å². The molecule has 0 saturated heterocycles. The first-order valence-corrected chi connectivity index (χ1v) is 8.81. The molecule has 114 valence electrons. The van der Waals surface area contributed by atoms with Crippen molar-refractivity contribution in [2.75, 3.05) is 0 Å². The highest BCUT2D eigenvalue weighted by atomic mass is 14.4. The molecule has 1 rings (SSSR count). The quantitative estimate of drug-likeness (QED) is 0.510. The summed E-state index contributed by atoms with van der Waals surface area (Å²) >= 11 is 0. The van der Waals surface area contributed by atoms with E-state index in [1.165, 1.54) is 19.3 Å². The monoisotopic (exact) mass is 266 g/mol. The predicted octanol–water partition coefficient (Wildman–Crippen LogP) is 6.26. The van der Waals surface area contributed by atoms with Gasteiger partial charge in [0.2, 0.25) is 0 Å². The summed E-state index contributed by atoms with van der Waals surface area (Å²) in [7, 11) is 0. The van der Waals surface area contributed by atoms with Crippen LogP contribution in [0.2, 0.25) is 0 Å². The Labute approximate surface area is 122 Å². The highest BCUT2D eigenvalue weighted by molar-refractivity contribution is 4.87. The van der Waals surface area contributed by atoms with E-state index in [-0.39, 0.29) is 0 Å². The summed E-state index contributed by atoms with van der Waals surface area (Å²) in [5.41, 5.74) is 0. The van der Waals surface area contributed by atoms with Crippen LogP contribution in [-0.2, 0) is 0 Å². The zero-order valence-electron chi connectivity index (χ0n) is 14.7. The third-order valence-electron chi connectivity index (χ3n) is 7.04. The Balaban J connectivity index is 2.58. The van der Waals surface area contributed by atoms with Gasteiger partial charge < -0.3 is 0 Å². The van der Waals surface area contributed by atoms with Crippen LogP contribution < -0.4 is 0 Å². The molecule has 0 aromatic carbocycles. The molecule has 0 aromatic heterocycles. The van der Waals surface area contributed by atoms with Crippen LogP contribution in [0.3, 0.4) is 0 Å². The van der Waals surface area contributed by atoms with Gasteiger partial charge >= 0.3 is 0 Å². The Morgan fingerprint density at radius 2 is 1.26 bits per heavy atom. The first-order chi connectivity index (χ1) is 8.81. The lowest BCUT2D eigenvalue weighted by atomic mass is 9.60. The smallest absolute Gasteiger partial charge is 0.0357 e. The fraction of sp³-hybridized carbons (Fsp3) is 1.00. The Bertz CT molecular complexity index is 253. The lowest BCUT2D eigenvalue weighted by Crippen LogP contribution is -2.37. The maximum atomic E-state index is 2.53. The van der Waals surface area contributed by atoms with Crippen molar-refractivity contribution in [1.82, 2.24) is 0 Å². The summed E-state index contributed by atoms with van der Waals surface area (Å²) < 4.78 is 0. The van der Waals surface area contributed by atoms with E-state index in [9.17, 15) is 0 Å². The fourth-order valence-electron chi connectivity index (χ4n) is 4.23. The SMILES string of the molecule is CCC1CCC1C(C)C(C)C(C)C(C)C(C)C(C)C. The van der Waals surface area contributed by atoms with Crippen LogP contribution in [-0.4, -0.2) is 0 Å². The highest BCUT2D eigenvalue weighted by Gasteiger charge is 2.38. The van der Waals surface area contributed by atoms with Crippen molar-refractivity contribution in [3.63, 3.8) is 0 Å². The third kappa shape index (κ3) is 3.76. The van der Waals surface area contributed by atoms with E-state index >= 15 is 0 Å². The zero-order valence-corrected chi connectivity index (χ0v) is 14.7. The molecule has 0 aliphatic heterocycles. The van der Waals surface area contributed by atoms with Crippen molar-refractivity contribution in [2.45, 2.75) is 74.7 Å². The van der Waals surface area contributed by atoms with E-state index < -0.39 is 0 Å². The average Bonchev–Trinajstić information content (AvgIpc) is 2.34. The van der Waals surface area contributed by atoms with Crippen LogP contribution in [0.25, 0.3) is 0 Å². The maximum Gasteiger partial charge on any atom is -0.0357 e. The van der Waals surface area contributed by atoms with Crippen LogP contribution >= 0.6 is 0 Å². The van der Waals surface area contributed by atoms with E-state index in [2.05, 4.69) is 55.4 Å². The summed E-state index contributed by atoms with van der Waals surface area (Å²) in [6.07, 6.45) is 4.38. The topological polar surface area (TPSA) is 0 Å². The van der Waals surface area contributed by atoms with Gasteiger partial charge in [0.1, 0.15) is 0 Å². The van der Waals surface area contributed by atoms with E-state index in [0.717, 1.165) is 47.3 Å². The van der Waals surface area contributed by atoms with Crippen molar-refractivity contribution in [3.05, 3.63) is 0 Å². The minimum absolute atomic E-state index is 0.812. The van der Waals surface area contributed by atoms with Crippen LogP contribution in [0, 0.1) is 47.3 Å². The molecule has 0 aromatic rings. The van der Waals surface area contributed by atoms with Gasteiger partial charge in [-0.15, -0.1) is 0 Å². The highest BCUT2D eigenvalue weighted by Crippen LogP contribution is 2.46. The molecule has 0 amide bonds. The predicted molar refractivity (Wildman–Crippen MR) is 87.2 cm³/mol. The van der Waals surface area contributed by atoms with Crippen molar-refractivity contribution < 1.29 is 0 Å². The van der Waals surface area contributed by atoms with Crippen molar-refractivity contribution in [1.29, 1.82) is 0 Å². The third-order valence-corrected chi connectivity index (χ3v) is 7.04. The molecule has 1 aliphatic rings. The van der Waals surface area contributed by atoms with Crippen molar-refractivity contribution >= 4 is 0 Å². The van der Waals surface area contributed by atoms with Crippen LogP contribution in [0.5, 0.6) is 0 Å². The van der Waals surface area contributed by atoms with Crippen LogP contribution in [0.4, 0.5) is 0 Å². The van der Waals surface area contributed by atoms with E-state index in [1.807, 2.05) is 0 Å². The van der Waals surface area contributed by atoms with Gasteiger partial charge in [-0.25, -0.2) is 0 Å². The Hall–Kier alpha value is 0. The summed E-state index contributed by atoms with van der Waals surface area (Å²) in [4.78, 5) is 0. The van der Waals surface area contributed by atoms with Crippen LogP contribution in [0.15, 0.2) is 0 Å². The van der Waals surface area contributed by atoms with Gasteiger partial charge in [-0.3, -0.25) is 0 Å². The second-order valence-electron chi connectivity index (χ2n) is 7.95. The van der Waals surface area contributed by atoms with Crippen molar-refractivity contribution in [2.24, 2.45) is 47.3 Å². The number of rotatable bonds is 7. The van der Waals surface area contributed by atoms with Gasteiger partial charge in [-0.05, 0) is 60.2 Å².